The first-order chi connectivity index (χ1) is 11.5. The standard InChI is InChI=1S/C17H31N3O3S/c1-19(24(22,23)16-9-10-16)15-8-5-11-20(12-15)13-17(21)18-14-6-3-2-4-7-14/h14-16H,2-13H2,1H3,(H,18,21). The Morgan fingerprint density at radius 1 is 1.08 bits per heavy atom. The molecule has 6 nitrogen and oxygen atoms in total. The van der Waals surface area contributed by atoms with Crippen LogP contribution in [0.15, 0.2) is 0 Å². The Kier molecular flexibility index (Phi) is 5.82. The SMILES string of the molecule is CN(C1CCCN(CC(=O)NC2CCCCC2)C1)S(=O)(=O)C1CC1. The molecule has 2 saturated carbocycles. The van der Waals surface area contributed by atoms with E-state index in [-0.39, 0.29) is 17.2 Å². The quantitative estimate of drug-likeness (QED) is 0.778. The summed E-state index contributed by atoms with van der Waals surface area (Å²) in [4.78, 5) is 14.4. The highest BCUT2D eigenvalue weighted by Gasteiger charge is 2.41. The van der Waals surface area contributed by atoms with Crippen LogP contribution in [0.4, 0.5) is 0 Å². The van der Waals surface area contributed by atoms with Gasteiger partial charge in [0.05, 0.1) is 11.8 Å². The molecular weight excluding hydrogens is 326 g/mol. The molecule has 7 heteroatoms. The predicted octanol–water partition coefficient (Wildman–Crippen LogP) is 1.32. The van der Waals surface area contributed by atoms with Gasteiger partial charge in [0.25, 0.3) is 0 Å². The van der Waals surface area contributed by atoms with Crippen LogP contribution in [0.5, 0.6) is 0 Å². The molecule has 1 heterocycles. The number of rotatable bonds is 6. The molecule has 1 saturated heterocycles. The second kappa shape index (κ2) is 7.70. The Morgan fingerprint density at radius 2 is 1.79 bits per heavy atom. The maximum absolute atomic E-state index is 12.4. The lowest BCUT2D eigenvalue weighted by molar-refractivity contribution is -0.123. The Labute approximate surface area is 146 Å². The molecule has 24 heavy (non-hydrogen) atoms. The van der Waals surface area contributed by atoms with Gasteiger partial charge < -0.3 is 5.32 Å². The topological polar surface area (TPSA) is 69.7 Å². The van der Waals surface area contributed by atoms with Crippen molar-refractivity contribution in [1.82, 2.24) is 14.5 Å². The van der Waals surface area contributed by atoms with Crippen molar-refractivity contribution in [3.05, 3.63) is 0 Å². The number of amides is 1. The zero-order valence-electron chi connectivity index (χ0n) is 14.7. The van der Waals surface area contributed by atoms with E-state index in [2.05, 4.69) is 10.2 Å². The van der Waals surface area contributed by atoms with Gasteiger partial charge in [-0.25, -0.2) is 12.7 Å². The zero-order valence-corrected chi connectivity index (χ0v) is 15.6. The minimum atomic E-state index is -3.13. The summed E-state index contributed by atoms with van der Waals surface area (Å²) in [6.45, 7) is 1.94. The van der Waals surface area contributed by atoms with Crippen molar-refractivity contribution in [2.45, 2.75) is 75.1 Å². The number of carbonyl (C=O) groups is 1. The molecule has 2 aliphatic carbocycles. The number of piperidine rings is 1. The maximum atomic E-state index is 12.4. The van der Waals surface area contributed by atoms with Crippen LogP contribution in [-0.2, 0) is 14.8 Å². The molecule has 3 aliphatic rings. The molecular formula is C17H31N3O3S. The van der Waals surface area contributed by atoms with Gasteiger partial charge in [-0.3, -0.25) is 9.69 Å². The van der Waals surface area contributed by atoms with Gasteiger partial charge in [0.15, 0.2) is 0 Å². The van der Waals surface area contributed by atoms with Crippen molar-refractivity contribution in [2.24, 2.45) is 0 Å². The van der Waals surface area contributed by atoms with Crippen molar-refractivity contribution in [3.63, 3.8) is 0 Å². The van der Waals surface area contributed by atoms with Crippen LogP contribution in [0, 0.1) is 0 Å². The Balaban J connectivity index is 1.48. The normalized spacial score (nSPS) is 27.3. The molecule has 0 spiro atoms. The van der Waals surface area contributed by atoms with Crippen molar-refractivity contribution in [2.75, 3.05) is 26.7 Å². The molecule has 0 aromatic heterocycles. The molecule has 0 aromatic rings. The predicted molar refractivity (Wildman–Crippen MR) is 94.2 cm³/mol. The zero-order chi connectivity index (χ0) is 17.2. The lowest BCUT2D eigenvalue weighted by Gasteiger charge is -2.37. The highest BCUT2D eigenvalue weighted by atomic mass is 32.2. The molecule has 138 valence electrons. The average Bonchev–Trinajstić information content (AvgIpc) is 3.40. The lowest BCUT2D eigenvalue weighted by Crippen LogP contribution is -2.52. The van der Waals surface area contributed by atoms with Gasteiger partial charge in [0, 0.05) is 25.7 Å². The molecule has 3 fully saturated rings. The van der Waals surface area contributed by atoms with Gasteiger partial charge in [-0.2, -0.15) is 0 Å². The van der Waals surface area contributed by atoms with E-state index in [1.54, 1.807) is 11.4 Å². The molecule has 0 radical (unpaired) electrons. The number of nitrogens with one attached hydrogen (secondary N) is 1. The molecule has 0 bridgehead atoms. The van der Waals surface area contributed by atoms with Crippen molar-refractivity contribution in [3.8, 4) is 0 Å². The van der Waals surface area contributed by atoms with Gasteiger partial charge in [-0.05, 0) is 45.1 Å². The summed E-state index contributed by atoms with van der Waals surface area (Å²) < 4.78 is 26.4. The molecule has 1 N–H and O–H groups in total. The summed E-state index contributed by atoms with van der Waals surface area (Å²) in [5.74, 6) is 0.0928. The van der Waals surface area contributed by atoms with Gasteiger partial charge in [0.1, 0.15) is 0 Å². The number of likely N-dealkylation sites (tertiary alicyclic amines) is 1. The van der Waals surface area contributed by atoms with E-state index in [0.29, 0.717) is 19.1 Å². The van der Waals surface area contributed by atoms with E-state index in [9.17, 15) is 13.2 Å². The fourth-order valence-corrected chi connectivity index (χ4v) is 5.79. The molecule has 1 aliphatic heterocycles. The third-order valence-electron chi connectivity index (χ3n) is 5.68. The largest absolute Gasteiger partial charge is 0.352 e. The second-order valence-electron chi connectivity index (χ2n) is 7.69. The molecule has 1 atom stereocenters. The van der Waals surface area contributed by atoms with Crippen molar-refractivity contribution in [1.29, 1.82) is 0 Å². The summed E-state index contributed by atoms with van der Waals surface area (Å²) in [6.07, 6.45) is 9.32. The minimum Gasteiger partial charge on any atom is -0.352 e. The monoisotopic (exact) mass is 357 g/mol. The average molecular weight is 358 g/mol. The summed E-state index contributed by atoms with van der Waals surface area (Å²) in [6, 6.07) is 0.344. The van der Waals surface area contributed by atoms with Crippen LogP contribution < -0.4 is 5.32 Å². The van der Waals surface area contributed by atoms with Crippen molar-refractivity contribution >= 4 is 15.9 Å². The molecule has 1 unspecified atom stereocenters. The number of hydrogen-bond acceptors (Lipinski definition) is 4. The third kappa shape index (κ3) is 4.49. The highest BCUT2D eigenvalue weighted by Crippen LogP contribution is 2.32. The Bertz CT molecular complexity index is 541. The lowest BCUT2D eigenvalue weighted by atomic mass is 9.95. The van der Waals surface area contributed by atoms with E-state index in [0.717, 1.165) is 45.1 Å². The van der Waals surface area contributed by atoms with E-state index in [1.165, 1.54) is 19.3 Å². The van der Waals surface area contributed by atoms with Crippen LogP contribution in [-0.4, -0.2) is 67.5 Å². The fraction of sp³-hybridized carbons (Fsp3) is 0.941. The Hall–Kier alpha value is -0.660. The van der Waals surface area contributed by atoms with Crippen LogP contribution in [0.1, 0.15) is 57.8 Å². The van der Waals surface area contributed by atoms with E-state index >= 15 is 0 Å². The summed E-state index contributed by atoms with van der Waals surface area (Å²) >= 11 is 0. The minimum absolute atomic E-state index is 0.00632. The number of carbonyl (C=O) groups excluding carboxylic acids is 1. The van der Waals surface area contributed by atoms with Gasteiger partial charge in [0.2, 0.25) is 15.9 Å². The number of likely N-dealkylation sites (N-methyl/N-ethyl adjacent to an activating group) is 1. The van der Waals surface area contributed by atoms with Crippen LogP contribution in [0.3, 0.4) is 0 Å². The first-order valence-electron chi connectivity index (χ1n) is 9.45. The van der Waals surface area contributed by atoms with E-state index in [1.807, 2.05) is 0 Å². The highest BCUT2D eigenvalue weighted by molar-refractivity contribution is 7.90. The van der Waals surface area contributed by atoms with Crippen LogP contribution >= 0.6 is 0 Å². The van der Waals surface area contributed by atoms with Crippen LogP contribution in [0.25, 0.3) is 0 Å². The van der Waals surface area contributed by atoms with E-state index < -0.39 is 10.0 Å². The first kappa shape index (κ1) is 18.1. The Morgan fingerprint density at radius 3 is 2.46 bits per heavy atom. The summed E-state index contributed by atoms with van der Waals surface area (Å²) in [5.41, 5.74) is 0. The molecule has 0 aromatic carbocycles. The fourth-order valence-electron chi connectivity index (χ4n) is 4.00. The van der Waals surface area contributed by atoms with E-state index in [4.69, 9.17) is 0 Å². The van der Waals surface area contributed by atoms with Gasteiger partial charge in [-0.1, -0.05) is 19.3 Å². The number of sulfonamides is 1. The number of nitrogens with zero attached hydrogens (tertiary/aromatic N) is 2. The third-order valence-corrected chi connectivity index (χ3v) is 8.09. The van der Waals surface area contributed by atoms with Crippen molar-refractivity contribution < 1.29 is 13.2 Å². The summed E-state index contributed by atoms with van der Waals surface area (Å²) in [5, 5.41) is 3.00. The van der Waals surface area contributed by atoms with Gasteiger partial charge in [-0.15, -0.1) is 0 Å². The number of hydrogen-bond donors (Lipinski definition) is 1. The smallest absolute Gasteiger partial charge is 0.234 e. The molecule has 3 rings (SSSR count). The summed E-state index contributed by atoms with van der Waals surface area (Å²) in [7, 11) is -1.42. The first-order valence-corrected chi connectivity index (χ1v) is 11.0. The molecule has 1 amide bonds. The van der Waals surface area contributed by atoms with Crippen LogP contribution in [0.2, 0.25) is 0 Å². The maximum Gasteiger partial charge on any atom is 0.234 e. The van der Waals surface area contributed by atoms with Gasteiger partial charge >= 0.3 is 0 Å². The second-order valence-corrected chi connectivity index (χ2v) is 9.97.